The number of hydrogen-bond donors (Lipinski definition) is 3. The summed E-state index contributed by atoms with van der Waals surface area (Å²) < 4.78 is 4.02. The molecule has 0 aliphatic heterocycles. The third kappa shape index (κ3) is 2.59. The summed E-state index contributed by atoms with van der Waals surface area (Å²) >= 11 is 1.25. The van der Waals surface area contributed by atoms with Crippen molar-refractivity contribution in [3.63, 3.8) is 0 Å². The smallest absolute Gasteiger partial charge is 0.305 e. The Morgan fingerprint density at radius 1 is 1.77 bits per heavy atom. The molecule has 13 heavy (non-hydrogen) atoms. The van der Waals surface area contributed by atoms with E-state index in [9.17, 15) is 4.79 Å². The lowest BCUT2D eigenvalue weighted by Crippen LogP contribution is -2.07. The van der Waals surface area contributed by atoms with Gasteiger partial charge in [-0.3, -0.25) is 4.79 Å². The van der Waals surface area contributed by atoms with E-state index in [0.29, 0.717) is 12.2 Å². The van der Waals surface area contributed by atoms with Crippen molar-refractivity contribution < 1.29 is 9.90 Å². The quantitative estimate of drug-likeness (QED) is 0.674. The zero-order valence-electron chi connectivity index (χ0n) is 7.20. The van der Waals surface area contributed by atoms with Crippen LogP contribution in [0.1, 0.15) is 12.1 Å². The highest BCUT2D eigenvalue weighted by Gasteiger charge is 2.06. The standard InChI is InChI=1S/C7H11N3O2S/c1-4-6(8)7(13-10-4)9-3-2-5(11)12/h9H,2-3,8H2,1H3,(H,11,12). The molecule has 0 fully saturated rings. The number of aromatic nitrogens is 1. The van der Waals surface area contributed by atoms with Crippen LogP contribution in [0.2, 0.25) is 0 Å². The van der Waals surface area contributed by atoms with Crippen molar-refractivity contribution in [1.29, 1.82) is 0 Å². The Morgan fingerprint density at radius 3 is 2.92 bits per heavy atom. The number of nitrogens with zero attached hydrogens (tertiary/aromatic N) is 1. The summed E-state index contributed by atoms with van der Waals surface area (Å²) in [6, 6.07) is 0. The van der Waals surface area contributed by atoms with Crippen LogP contribution in [0, 0.1) is 6.92 Å². The van der Waals surface area contributed by atoms with Crippen molar-refractivity contribution in [1.82, 2.24) is 4.37 Å². The number of anilines is 2. The van der Waals surface area contributed by atoms with E-state index in [4.69, 9.17) is 10.8 Å². The largest absolute Gasteiger partial charge is 0.481 e. The zero-order valence-corrected chi connectivity index (χ0v) is 8.02. The average Bonchev–Trinajstić information content (AvgIpc) is 2.35. The molecule has 0 atom stereocenters. The molecule has 1 aromatic rings. The Bertz CT molecular complexity index is 311. The van der Waals surface area contributed by atoms with Crippen molar-refractivity contribution >= 4 is 28.2 Å². The molecule has 0 aromatic carbocycles. The second-order valence-corrected chi connectivity index (χ2v) is 3.35. The van der Waals surface area contributed by atoms with Crippen molar-refractivity contribution in [2.24, 2.45) is 0 Å². The van der Waals surface area contributed by atoms with E-state index in [-0.39, 0.29) is 6.42 Å². The molecule has 0 bridgehead atoms. The van der Waals surface area contributed by atoms with Gasteiger partial charge in [-0.15, -0.1) is 0 Å². The summed E-state index contributed by atoms with van der Waals surface area (Å²) in [4.78, 5) is 10.2. The molecular formula is C7H11N3O2S. The van der Waals surface area contributed by atoms with Crippen molar-refractivity contribution in [2.75, 3.05) is 17.6 Å². The molecule has 0 amide bonds. The highest BCUT2D eigenvalue weighted by molar-refractivity contribution is 7.11. The van der Waals surface area contributed by atoms with Crippen LogP contribution in [-0.2, 0) is 4.79 Å². The number of nitrogens with two attached hydrogens (primary N) is 1. The van der Waals surface area contributed by atoms with Gasteiger partial charge in [0, 0.05) is 6.54 Å². The average molecular weight is 201 g/mol. The van der Waals surface area contributed by atoms with Crippen LogP contribution in [0.5, 0.6) is 0 Å². The number of hydrogen-bond acceptors (Lipinski definition) is 5. The van der Waals surface area contributed by atoms with E-state index in [1.54, 1.807) is 0 Å². The predicted molar refractivity (Wildman–Crippen MR) is 52.0 cm³/mol. The van der Waals surface area contributed by atoms with E-state index in [0.717, 1.165) is 10.7 Å². The van der Waals surface area contributed by atoms with E-state index < -0.39 is 5.97 Å². The van der Waals surface area contributed by atoms with Gasteiger partial charge in [0.25, 0.3) is 0 Å². The number of rotatable bonds is 4. The van der Waals surface area contributed by atoms with Gasteiger partial charge >= 0.3 is 5.97 Å². The molecule has 0 saturated carbocycles. The first-order valence-corrected chi connectivity index (χ1v) is 4.56. The lowest BCUT2D eigenvalue weighted by Gasteiger charge is -2.00. The molecule has 0 spiro atoms. The van der Waals surface area contributed by atoms with Gasteiger partial charge < -0.3 is 16.2 Å². The molecular weight excluding hydrogens is 190 g/mol. The first-order chi connectivity index (χ1) is 6.11. The number of aryl methyl sites for hydroxylation is 1. The van der Waals surface area contributed by atoms with Crippen LogP contribution in [0.15, 0.2) is 0 Å². The van der Waals surface area contributed by atoms with Crippen LogP contribution < -0.4 is 11.1 Å². The van der Waals surface area contributed by atoms with Gasteiger partial charge in [0.2, 0.25) is 0 Å². The molecule has 1 heterocycles. The minimum absolute atomic E-state index is 0.0797. The predicted octanol–water partition coefficient (Wildman–Crippen LogP) is 0.920. The summed E-state index contributed by atoms with van der Waals surface area (Å²) in [5, 5.41) is 12.0. The van der Waals surface area contributed by atoms with Crippen LogP contribution in [0.4, 0.5) is 10.7 Å². The molecule has 1 aromatic heterocycles. The van der Waals surface area contributed by atoms with Gasteiger partial charge in [-0.2, -0.15) is 4.37 Å². The van der Waals surface area contributed by atoms with Crippen LogP contribution >= 0.6 is 11.5 Å². The van der Waals surface area contributed by atoms with Crippen molar-refractivity contribution in [2.45, 2.75) is 13.3 Å². The first kappa shape index (κ1) is 9.79. The van der Waals surface area contributed by atoms with Crippen LogP contribution in [0.3, 0.4) is 0 Å². The Kier molecular flexibility index (Phi) is 3.07. The Hall–Kier alpha value is -1.30. The molecule has 5 nitrogen and oxygen atoms in total. The molecule has 0 radical (unpaired) electrons. The second kappa shape index (κ2) is 4.08. The van der Waals surface area contributed by atoms with E-state index in [1.165, 1.54) is 11.5 Å². The Balaban J connectivity index is 2.45. The fourth-order valence-corrected chi connectivity index (χ4v) is 1.53. The van der Waals surface area contributed by atoms with E-state index in [1.807, 2.05) is 6.92 Å². The molecule has 1 rings (SSSR count). The van der Waals surface area contributed by atoms with Gasteiger partial charge in [-0.05, 0) is 18.5 Å². The third-order valence-electron chi connectivity index (χ3n) is 1.53. The second-order valence-electron chi connectivity index (χ2n) is 2.58. The normalized spacial score (nSPS) is 9.92. The van der Waals surface area contributed by atoms with Gasteiger partial charge in [0.05, 0.1) is 17.8 Å². The maximum Gasteiger partial charge on any atom is 0.305 e. The number of nitrogens with one attached hydrogen (secondary N) is 1. The minimum atomic E-state index is -0.827. The topological polar surface area (TPSA) is 88.2 Å². The molecule has 72 valence electrons. The molecule has 6 heteroatoms. The van der Waals surface area contributed by atoms with E-state index >= 15 is 0 Å². The van der Waals surface area contributed by atoms with E-state index in [2.05, 4.69) is 9.69 Å². The van der Waals surface area contributed by atoms with Crippen LogP contribution in [-0.4, -0.2) is 22.0 Å². The molecule has 0 aliphatic carbocycles. The number of aliphatic carboxylic acids is 1. The Morgan fingerprint density at radius 2 is 2.46 bits per heavy atom. The monoisotopic (exact) mass is 201 g/mol. The highest BCUT2D eigenvalue weighted by atomic mass is 32.1. The van der Waals surface area contributed by atoms with Crippen molar-refractivity contribution in [3.8, 4) is 0 Å². The SMILES string of the molecule is Cc1nsc(NCCC(=O)O)c1N. The molecule has 0 unspecified atom stereocenters. The minimum Gasteiger partial charge on any atom is -0.481 e. The lowest BCUT2D eigenvalue weighted by atomic mass is 10.4. The number of carbonyl (C=O) groups is 1. The van der Waals surface area contributed by atoms with Gasteiger partial charge in [0.15, 0.2) is 0 Å². The molecule has 0 saturated heterocycles. The van der Waals surface area contributed by atoms with Gasteiger partial charge in [-0.1, -0.05) is 0 Å². The lowest BCUT2D eigenvalue weighted by molar-refractivity contribution is -0.136. The third-order valence-corrected chi connectivity index (χ3v) is 2.44. The molecule has 0 aliphatic rings. The number of carboxylic acid groups (broad SMARTS) is 1. The number of nitrogen functional groups attached to an aromatic ring is 1. The summed E-state index contributed by atoms with van der Waals surface area (Å²) in [6.07, 6.45) is 0.0797. The Labute approximate surface area is 79.7 Å². The summed E-state index contributed by atoms with van der Waals surface area (Å²) in [5.74, 6) is -0.827. The van der Waals surface area contributed by atoms with Crippen molar-refractivity contribution in [3.05, 3.63) is 5.69 Å². The maximum atomic E-state index is 10.2. The highest BCUT2D eigenvalue weighted by Crippen LogP contribution is 2.26. The maximum absolute atomic E-state index is 10.2. The van der Waals surface area contributed by atoms with Gasteiger partial charge in [-0.25, -0.2) is 0 Å². The summed E-state index contributed by atoms with van der Waals surface area (Å²) in [5.41, 5.74) is 7.04. The zero-order chi connectivity index (χ0) is 9.84. The van der Waals surface area contributed by atoms with Crippen LogP contribution in [0.25, 0.3) is 0 Å². The summed E-state index contributed by atoms with van der Waals surface area (Å²) in [7, 11) is 0. The van der Waals surface area contributed by atoms with Gasteiger partial charge in [0.1, 0.15) is 5.00 Å². The number of carboxylic acids is 1. The molecule has 4 N–H and O–H groups in total. The fourth-order valence-electron chi connectivity index (χ4n) is 0.787. The fraction of sp³-hybridized carbons (Fsp3) is 0.429. The summed E-state index contributed by atoms with van der Waals surface area (Å²) in [6.45, 7) is 2.19. The first-order valence-electron chi connectivity index (χ1n) is 3.78.